The van der Waals surface area contributed by atoms with E-state index in [9.17, 15) is 8.78 Å². The number of hydrogen-bond acceptors (Lipinski definition) is 3. The van der Waals surface area contributed by atoms with Gasteiger partial charge in [0.2, 0.25) is 0 Å². The SMILES string of the molecule is CCNCc1cc(F)ccc1OCc1cncc(F)c1. The summed E-state index contributed by atoms with van der Waals surface area (Å²) >= 11 is 0. The van der Waals surface area contributed by atoms with Crippen LogP contribution in [0.5, 0.6) is 5.75 Å². The van der Waals surface area contributed by atoms with E-state index in [1.807, 2.05) is 6.92 Å². The molecule has 0 aliphatic carbocycles. The van der Waals surface area contributed by atoms with Crippen molar-refractivity contribution < 1.29 is 13.5 Å². The highest BCUT2D eigenvalue weighted by molar-refractivity contribution is 5.34. The van der Waals surface area contributed by atoms with Gasteiger partial charge >= 0.3 is 0 Å². The first-order valence-electron chi connectivity index (χ1n) is 6.40. The zero-order chi connectivity index (χ0) is 14.4. The maximum atomic E-state index is 13.2. The Hall–Kier alpha value is -2.01. The molecule has 0 fully saturated rings. The van der Waals surface area contributed by atoms with Crippen LogP contribution in [0.1, 0.15) is 18.1 Å². The van der Waals surface area contributed by atoms with E-state index < -0.39 is 5.82 Å². The van der Waals surface area contributed by atoms with Gasteiger partial charge in [-0.15, -0.1) is 0 Å². The molecule has 2 rings (SSSR count). The molecule has 1 N–H and O–H groups in total. The van der Waals surface area contributed by atoms with Gasteiger partial charge in [-0.3, -0.25) is 4.98 Å². The summed E-state index contributed by atoms with van der Waals surface area (Å²) in [5.74, 6) is -0.132. The number of ether oxygens (including phenoxy) is 1. The molecule has 0 atom stereocenters. The van der Waals surface area contributed by atoms with Gasteiger partial charge in [0.25, 0.3) is 0 Å². The number of pyridine rings is 1. The van der Waals surface area contributed by atoms with Crippen LogP contribution in [0.25, 0.3) is 0 Å². The number of hydrogen-bond donors (Lipinski definition) is 1. The number of halogens is 2. The molecule has 0 bridgehead atoms. The van der Waals surface area contributed by atoms with E-state index in [1.54, 1.807) is 6.07 Å². The Kier molecular flexibility index (Phi) is 5.01. The third-order valence-corrected chi connectivity index (χ3v) is 2.74. The highest BCUT2D eigenvalue weighted by atomic mass is 19.1. The first-order valence-corrected chi connectivity index (χ1v) is 6.40. The van der Waals surface area contributed by atoms with Gasteiger partial charge in [0.1, 0.15) is 24.0 Å². The van der Waals surface area contributed by atoms with Gasteiger partial charge in [-0.1, -0.05) is 6.92 Å². The first-order chi connectivity index (χ1) is 9.69. The van der Waals surface area contributed by atoms with E-state index in [2.05, 4.69) is 10.3 Å². The largest absolute Gasteiger partial charge is 0.489 e. The highest BCUT2D eigenvalue weighted by Gasteiger charge is 2.06. The Morgan fingerprint density at radius 1 is 1.15 bits per heavy atom. The van der Waals surface area contributed by atoms with Crippen molar-refractivity contribution in [2.24, 2.45) is 0 Å². The first kappa shape index (κ1) is 14.4. The lowest BCUT2D eigenvalue weighted by atomic mass is 10.2. The summed E-state index contributed by atoms with van der Waals surface area (Å²) in [6.45, 7) is 3.46. The van der Waals surface area contributed by atoms with Crippen molar-refractivity contribution in [1.82, 2.24) is 10.3 Å². The van der Waals surface area contributed by atoms with Crippen LogP contribution < -0.4 is 10.1 Å². The van der Waals surface area contributed by atoms with Crippen LogP contribution in [0.2, 0.25) is 0 Å². The van der Waals surface area contributed by atoms with Crippen LogP contribution in [-0.4, -0.2) is 11.5 Å². The Labute approximate surface area is 116 Å². The summed E-state index contributed by atoms with van der Waals surface area (Å²) < 4.78 is 31.9. The molecule has 3 nitrogen and oxygen atoms in total. The standard InChI is InChI=1S/C15H16F2N2O/c1-2-18-8-12-6-13(16)3-4-15(12)20-10-11-5-14(17)9-19-7-11/h3-7,9,18H,2,8,10H2,1H3. The average Bonchev–Trinajstić information content (AvgIpc) is 2.44. The summed E-state index contributed by atoms with van der Waals surface area (Å²) in [6.07, 6.45) is 2.68. The Morgan fingerprint density at radius 2 is 2.00 bits per heavy atom. The summed E-state index contributed by atoms with van der Waals surface area (Å²) in [4.78, 5) is 3.76. The van der Waals surface area contributed by atoms with Crippen molar-refractivity contribution in [3.8, 4) is 5.75 Å². The number of aromatic nitrogens is 1. The fourth-order valence-electron chi connectivity index (χ4n) is 1.78. The fraction of sp³-hybridized carbons (Fsp3) is 0.267. The molecule has 1 heterocycles. The van der Waals surface area contributed by atoms with E-state index >= 15 is 0 Å². The van der Waals surface area contributed by atoms with Crippen LogP contribution >= 0.6 is 0 Å². The Bertz CT molecular complexity index is 576. The zero-order valence-electron chi connectivity index (χ0n) is 11.2. The molecule has 0 saturated carbocycles. The molecule has 0 unspecified atom stereocenters. The number of nitrogens with zero attached hydrogens (tertiary/aromatic N) is 1. The third kappa shape index (κ3) is 3.99. The van der Waals surface area contributed by atoms with Crippen LogP contribution in [0.3, 0.4) is 0 Å². The third-order valence-electron chi connectivity index (χ3n) is 2.74. The normalized spacial score (nSPS) is 10.6. The molecule has 1 aromatic carbocycles. The molecule has 0 amide bonds. The Balaban J connectivity index is 2.08. The van der Waals surface area contributed by atoms with Gasteiger partial charge in [0.15, 0.2) is 0 Å². The minimum atomic E-state index is -0.405. The van der Waals surface area contributed by atoms with E-state index in [1.165, 1.54) is 24.4 Å². The van der Waals surface area contributed by atoms with Gasteiger partial charge in [-0.25, -0.2) is 8.78 Å². The second-order valence-electron chi connectivity index (χ2n) is 4.33. The second kappa shape index (κ2) is 6.96. The van der Waals surface area contributed by atoms with E-state index in [0.29, 0.717) is 17.9 Å². The lowest BCUT2D eigenvalue weighted by Gasteiger charge is -2.12. The topological polar surface area (TPSA) is 34.1 Å². The summed E-state index contributed by atoms with van der Waals surface area (Å²) in [5.41, 5.74) is 1.36. The van der Waals surface area contributed by atoms with E-state index in [-0.39, 0.29) is 12.4 Å². The van der Waals surface area contributed by atoms with Gasteiger partial charge in [-0.2, -0.15) is 0 Å². The summed E-state index contributed by atoms with van der Waals surface area (Å²) in [5, 5.41) is 3.12. The van der Waals surface area contributed by atoms with Crippen LogP contribution in [0, 0.1) is 11.6 Å². The molecule has 2 aromatic rings. The molecule has 5 heteroatoms. The minimum Gasteiger partial charge on any atom is -0.489 e. The molecular weight excluding hydrogens is 262 g/mol. The lowest BCUT2D eigenvalue weighted by Crippen LogP contribution is -2.13. The average molecular weight is 278 g/mol. The monoisotopic (exact) mass is 278 g/mol. The predicted molar refractivity (Wildman–Crippen MR) is 72.3 cm³/mol. The maximum absolute atomic E-state index is 13.2. The van der Waals surface area contributed by atoms with Crippen molar-refractivity contribution in [2.75, 3.05) is 6.54 Å². The fourth-order valence-corrected chi connectivity index (χ4v) is 1.78. The summed E-state index contributed by atoms with van der Waals surface area (Å²) in [6, 6.07) is 5.71. The van der Waals surface area contributed by atoms with Crippen molar-refractivity contribution >= 4 is 0 Å². The molecular formula is C15H16F2N2O. The molecule has 106 valence electrons. The van der Waals surface area contributed by atoms with Gasteiger partial charge in [0, 0.05) is 23.9 Å². The maximum Gasteiger partial charge on any atom is 0.141 e. The van der Waals surface area contributed by atoms with Crippen LogP contribution in [0.15, 0.2) is 36.7 Å². The highest BCUT2D eigenvalue weighted by Crippen LogP contribution is 2.21. The summed E-state index contributed by atoms with van der Waals surface area (Å²) in [7, 11) is 0. The molecule has 0 radical (unpaired) electrons. The van der Waals surface area contributed by atoms with E-state index in [0.717, 1.165) is 18.3 Å². The van der Waals surface area contributed by atoms with Crippen molar-refractivity contribution in [3.63, 3.8) is 0 Å². The van der Waals surface area contributed by atoms with Gasteiger partial charge in [0.05, 0.1) is 6.20 Å². The number of benzene rings is 1. The minimum absolute atomic E-state index is 0.190. The lowest BCUT2D eigenvalue weighted by molar-refractivity contribution is 0.300. The predicted octanol–water partition coefficient (Wildman–Crippen LogP) is 3.05. The van der Waals surface area contributed by atoms with Gasteiger partial charge in [-0.05, 0) is 30.8 Å². The van der Waals surface area contributed by atoms with Crippen LogP contribution in [-0.2, 0) is 13.2 Å². The second-order valence-corrected chi connectivity index (χ2v) is 4.33. The molecule has 1 aromatic heterocycles. The van der Waals surface area contributed by atoms with Crippen molar-refractivity contribution in [2.45, 2.75) is 20.1 Å². The van der Waals surface area contributed by atoms with Gasteiger partial charge < -0.3 is 10.1 Å². The Morgan fingerprint density at radius 3 is 2.75 bits per heavy atom. The quantitative estimate of drug-likeness (QED) is 0.882. The molecule has 0 aliphatic rings. The number of nitrogens with one attached hydrogen (secondary N) is 1. The molecule has 0 spiro atoms. The molecule has 0 aliphatic heterocycles. The molecule has 20 heavy (non-hydrogen) atoms. The molecule has 0 saturated heterocycles. The number of rotatable bonds is 6. The van der Waals surface area contributed by atoms with E-state index in [4.69, 9.17) is 4.74 Å². The van der Waals surface area contributed by atoms with Crippen LogP contribution in [0.4, 0.5) is 8.78 Å². The smallest absolute Gasteiger partial charge is 0.141 e. The van der Waals surface area contributed by atoms with Crippen molar-refractivity contribution in [3.05, 3.63) is 59.4 Å². The van der Waals surface area contributed by atoms with Crippen molar-refractivity contribution in [1.29, 1.82) is 0 Å². The zero-order valence-corrected chi connectivity index (χ0v) is 11.2.